The number of benzene rings is 1. The first-order chi connectivity index (χ1) is 8.74. The lowest BCUT2D eigenvalue weighted by Gasteiger charge is -2.15. The summed E-state index contributed by atoms with van der Waals surface area (Å²) < 4.78 is 5.17. The zero-order valence-corrected chi connectivity index (χ0v) is 10.6. The van der Waals surface area contributed by atoms with Gasteiger partial charge in [-0.25, -0.2) is 4.79 Å². The summed E-state index contributed by atoms with van der Waals surface area (Å²) in [5.74, 6) is 0. The van der Waals surface area contributed by atoms with E-state index in [1.807, 2.05) is 13.0 Å². The van der Waals surface area contributed by atoms with Crippen molar-refractivity contribution in [2.45, 2.75) is 25.9 Å². The lowest BCUT2D eigenvalue weighted by atomic mass is 10.0. The zero-order valence-electron chi connectivity index (χ0n) is 10.6. The molecule has 0 aliphatic carbocycles. The van der Waals surface area contributed by atoms with Gasteiger partial charge in [0.05, 0.1) is 6.54 Å². The minimum atomic E-state index is -0.228. The van der Waals surface area contributed by atoms with Crippen molar-refractivity contribution in [2.24, 2.45) is 0 Å². The molecule has 1 aromatic rings. The van der Waals surface area contributed by atoms with Gasteiger partial charge in [-0.05, 0) is 56.1 Å². The Kier molecular flexibility index (Phi) is 2.96. The molecule has 1 aromatic carbocycles. The number of rotatable bonds is 1. The Balaban J connectivity index is 1.90. The van der Waals surface area contributed by atoms with Crippen LogP contribution in [0.15, 0.2) is 18.2 Å². The van der Waals surface area contributed by atoms with Crippen LogP contribution in [0.1, 0.15) is 18.1 Å². The van der Waals surface area contributed by atoms with E-state index < -0.39 is 0 Å². The smallest absolute Gasteiger partial charge is 0.414 e. The van der Waals surface area contributed by atoms with Crippen LogP contribution in [0.4, 0.5) is 10.5 Å². The standard InChI is InChI=1S/C14H18N2O2/c1-10-9-16(14(17)18-10)13-3-2-11-4-6-15-7-5-12(11)8-13/h2-3,8,10,15H,4-7,9H2,1H3. The van der Waals surface area contributed by atoms with Crippen molar-refractivity contribution in [3.8, 4) is 0 Å². The molecule has 0 aromatic heterocycles. The van der Waals surface area contributed by atoms with E-state index >= 15 is 0 Å². The fourth-order valence-corrected chi connectivity index (χ4v) is 2.64. The molecule has 1 atom stereocenters. The predicted molar refractivity (Wildman–Crippen MR) is 70.0 cm³/mol. The van der Waals surface area contributed by atoms with Crippen LogP contribution < -0.4 is 10.2 Å². The van der Waals surface area contributed by atoms with Crippen molar-refractivity contribution in [3.63, 3.8) is 0 Å². The maximum atomic E-state index is 11.7. The summed E-state index contributed by atoms with van der Waals surface area (Å²) in [6.07, 6.45) is 1.85. The van der Waals surface area contributed by atoms with E-state index in [4.69, 9.17) is 4.74 Å². The average molecular weight is 246 g/mol. The third-order valence-electron chi connectivity index (χ3n) is 3.61. The number of carbonyl (C=O) groups excluding carboxylic acids is 1. The Morgan fingerprint density at radius 2 is 2.06 bits per heavy atom. The molecule has 0 bridgehead atoms. The summed E-state index contributed by atoms with van der Waals surface area (Å²) in [6.45, 7) is 4.62. The summed E-state index contributed by atoms with van der Waals surface area (Å²) in [5, 5.41) is 3.39. The molecule has 1 fully saturated rings. The lowest BCUT2D eigenvalue weighted by Crippen LogP contribution is -2.24. The Morgan fingerprint density at radius 3 is 2.78 bits per heavy atom. The van der Waals surface area contributed by atoms with Crippen LogP contribution in [0.5, 0.6) is 0 Å². The second-order valence-corrected chi connectivity index (χ2v) is 5.01. The van der Waals surface area contributed by atoms with E-state index in [0.717, 1.165) is 31.6 Å². The van der Waals surface area contributed by atoms with Gasteiger partial charge in [-0.3, -0.25) is 4.90 Å². The van der Waals surface area contributed by atoms with Gasteiger partial charge in [0.1, 0.15) is 6.10 Å². The highest BCUT2D eigenvalue weighted by molar-refractivity contribution is 5.89. The van der Waals surface area contributed by atoms with E-state index in [0.29, 0.717) is 6.54 Å². The van der Waals surface area contributed by atoms with Crippen molar-refractivity contribution in [1.82, 2.24) is 5.32 Å². The summed E-state index contributed by atoms with van der Waals surface area (Å²) in [6, 6.07) is 6.32. The molecule has 2 heterocycles. The fourth-order valence-electron chi connectivity index (χ4n) is 2.64. The molecule has 1 amide bonds. The SMILES string of the molecule is CC1CN(c2ccc3c(c2)CCNCC3)C(=O)O1. The second-order valence-electron chi connectivity index (χ2n) is 5.01. The monoisotopic (exact) mass is 246 g/mol. The molecule has 2 aliphatic rings. The summed E-state index contributed by atoms with van der Waals surface area (Å²) in [7, 11) is 0. The van der Waals surface area contributed by atoms with Crippen LogP contribution >= 0.6 is 0 Å². The maximum absolute atomic E-state index is 11.7. The Labute approximate surface area is 107 Å². The van der Waals surface area contributed by atoms with Gasteiger partial charge in [0.25, 0.3) is 0 Å². The molecule has 96 valence electrons. The Morgan fingerprint density at radius 1 is 1.28 bits per heavy atom. The average Bonchev–Trinajstić information content (AvgIpc) is 2.58. The number of anilines is 1. The van der Waals surface area contributed by atoms with E-state index in [1.165, 1.54) is 11.1 Å². The van der Waals surface area contributed by atoms with Gasteiger partial charge in [0.15, 0.2) is 0 Å². The molecule has 2 aliphatic heterocycles. The molecular weight excluding hydrogens is 228 g/mol. The minimum Gasteiger partial charge on any atom is -0.444 e. The van der Waals surface area contributed by atoms with E-state index in [-0.39, 0.29) is 12.2 Å². The molecule has 0 spiro atoms. The molecular formula is C14H18N2O2. The lowest BCUT2D eigenvalue weighted by molar-refractivity contribution is 0.150. The highest BCUT2D eigenvalue weighted by atomic mass is 16.6. The minimum absolute atomic E-state index is 0.0158. The third-order valence-corrected chi connectivity index (χ3v) is 3.61. The van der Waals surface area contributed by atoms with Crippen LogP contribution in [0.2, 0.25) is 0 Å². The molecule has 3 rings (SSSR count). The second kappa shape index (κ2) is 4.61. The third kappa shape index (κ3) is 2.08. The van der Waals surface area contributed by atoms with Crippen molar-refractivity contribution >= 4 is 11.8 Å². The molecule has 18 heavy (non-hydrogen) atoms. The number of fused-ring (bicyclic) bond motifs is 1. The number of nitrogens with zero attached hydrogens (tertiary/aromatic N) is 1. The highest BCUT2D eigenvalue weighted by Crippen LogP contribution is 2.25. The summed E-state index contributed by atoms with van der Waals surface area (Å²) in [4.78, 5) is 13.4. The number of hydrogen-bond acceptors (Lipinski definition) is 3. The molecule has 1 N–H and O–H groups in total. The number of nitrogens with one attached hydrogen (secondary N) is 1. The van der Waals surface area contributed by atoms with Crippen LogP contribution in [-0.2, 0) is 17.6 Å². The quantitative estimate of drug-likeness (QED) is 0.820. The van der Waals surface area contributed by atoms with E-state index in [9.17, 15) is 4.79 Å². The van der Waals surface area contributed by atoms with Gasteiger partial charge >= 0.3 is 6.09 Å². The Bertz CT molecular complexity index is 473. The molecule has 4 heteroatoms. The number of carbonyl (C=O) groups is 1. The first kappa shape index (κ1) is 11.5. The molecule has 4 nitrogen and oxygen atoms in total. The van der Waals surface area contributed by atoms with Crippen molar-refractivity contribution in [2.75, 3.05) is 24.5 Å². The Hall–Kier alpha value is -1.55. The topological polar surface area (TPSA) is 41.6 Å². The molecule has 1 saturated heterocycles. The van der Waals surface area contributed by atoms with Crippen molar-refractivity contribution in [3.05, 3.63) is 29.3 Å². The number of hydrogen-bond donors (Lipinski definition) is 1. The summed E-state index contributed by atoms with van der Waals surface area (Å²) >= 11 is 0. The first-order valence-corrected chi connectivity index (χ1v) is 6.55. The van der Waals surface area contributed by atoms with Crippen LogP contribution in [0.25, 0.3) is 0 Å². The molecule has 0 saturated carbocycles. The van der Waals surface area contributed by atoms with E-state index in [2.05, 4.69) is 17.4 Å². The van der Waals surface area contributed by atoms with Gasteiger partial charge < -0.3 is 10.1 Å². The van der Waals surface area contributed by atoms with Crippen LogP contribution in [-0.4, -0.2) is 31.8 Å². The van der Waals surface area contributed by atoms with E-state index in [1.54, 1.807) is 4.90 Å². The van der Waals surface area contributed by atoms with Crippen molar-refractivity contribution in [1.29, 1.82) is 0 Å². The van der Waals surface area contributed by atoms with Crippen LogP contribution in [0.3, 0.4) is 0 Å². The van der Waals surface area contributed by atoms with Gasteiger partial charge in [0.2, 0.25) is 0 Å². The highest BCUT2D eigenvalue weighted by Gasteiger charge is 2.29. The van der Waals surface area contributed by atoms with Crippen molar-refractivity contribution < 1.29 is 9.53 Å². The van der Waals surface area contributed by atoms with Crippen LogP contribution in [0, 0.1) is 0 Å². The first-order valence-electron chi connectivity index (χ1n) is 6.55. The van der Waals surface area contributed by atoms with Gasteiger partial charge in [0, 0.05) is 5.69 Å². The predicted octanol–water partition coefficient (Wildman–Crippen LogP) is 1.72. The van der Waals surface area contributed by atoms with Gasteiger partial charge in [-0.2, -0.15) is 0 Å². The number of ether oxygens (including phenoxy) is 1. The normalized spacial score (nSPS) is 23.5. The maximum Gasteiger partial charge on any atom is 0.414 e. The zero-order chi connectivity index (χ0) is 12.5. The fraction of sp³-hybridized carbons (Fsp3) is 0.500. The molecule has 0 radical (unpaired) electrons. The van der Waals surface area contributed by atoms with Gasteiger partial charge in [-0.1, -0.05) is 6.07 Å². The molecule has 1 unspecified atom stereocenters. The number of cyclic esters (lactones) is 1. The van der Waals surface area contributed by atoms with Gasteiger partial charge in [-0.15, -0.1) is 0 Å². The largest absolute Gasteiger partial charge is 0.444 e. The number of amides is 1. The summed E-state index contributed by atoms with van der Waals surface area (Å²) in [5.41, 5.74) is 3.71.